The SMILES string of the molecule is N#Cc1cc(Br)c(N2C(=O)c3ccccc3C2=O)cc1F. The molecule has 102 valence electrons. The summed E-state index contributed by atoms with van der Waals surface area (Å²) in [6.45, 7) is 0. The second-order valence-electron chi connectivity index (χ2n) is 4.39. The fourth-order valence-electron chi connectivity index (χ4n) is 2.20. The van der Waals surface area contributed by atoms with Gasteiger partial charge in [0.1, 0.15) is 11.9 Å². The van der Waals surface area contributed by atoms with Crippen molar-refractivity contribution in [3.8, 4) is 6.07 Å². The molecule has 0 saturated carbocycles. The topological polar surface area (TPSA) is 61.2 Å². The van der Waals surface area contributed by atoms with Crippen LogP contribution in [-0.2, 0) is 0 Å². The van der Waals surface area contributed by atoms with E-state index in [1.807, 2.05) is 0 Å². The maximum atomic E-state index is 13.8. The van der Waals surface area contributed by atoms with Gasteiger partial charge in [0.15, 0.2) is 0 Å². The first-order chi connectivity index (χ1) is 10.0. The lowest BCUT2D eigenvalue weighted by Gasteiger charge is -2.16. The second-order valence-corrected chi connectivity index (χ2v) is 5.24. The number of fused-ring (bicyclic) bond motifs is 1. The number of benzene rings is 2. The third kappa shape index (κ3) is 1.94. The Labute approximate surface area is 127 Å². The van der Waals surface area contributed by atoms with Crippen LogP contribution in [-0.4, -0.2) is 11.8 Å². The van der Waals surface area contributed by atoms with Gasteiger partial charge in [-0.05, 0) is 34.1 Å². The molecule has 0 unspecified atom stereocenters. The van der Waals surface area contributed by atoms with E-state index < -0.39 is 17.6 Å². The molecule has 1 heterocycles. The number of hydrogen-bond donors (Lipinski definition) is 0. The Hall–Kier alpha value is -2.52. The van der Waals surface area contributed by atoms with Crippen molar-refractivity contribution < 1.29 is 14.0 Å². The number of rotatable bonds is 1. The predicted octanol–water partition coefficient (Wildman–Crippen LogP) is 3.26. The van der Waals surface area contributed by atoms with Crippen molar-refractivity contribution in [2.24, 2.45) is 0 Å². The highest BCUT2D eigenvalue weighted by molar-refractivity contribution is 9.10. The Morgan fingerprint density at radius 2 is 1.67 bits per heavy atom. The van der Waals surface area contributed by atoms with E-state index in [4.69, 9.17) is 5.26 Å². The summed E-state index contributed by atoms with van der Waals surface area (Å²) in [5, 5.41) is 8.79. The van der Waals surface area contributed by atoms with Crippen molar-refractivity contribution in [3.05, 3.63) is 63.4 Å². The van der Waals surface area contributed by atoms with Crippen molar-refractivity contribution in [3.63, 3.8) is 0 Å². The van der Waals surface area contributed by atoms with Crippen molar-refractivity contribution in [2.45, 2.75) is 0 Å². The molecule has 4 nitrogen and oxygen atoms in total. The fraction of sp³-hybridized carbons (Fsp3) is 0. The lowest BCUT2D eigenvalue weighted by Crippen LogP contribution is -2.29. The van der Waals surface area contributed by atoms with E-state index in [9.17, 15) is 14.0 Å². The Morgan fingerprint density at radius 1 is 1.10 bits per heavy atom. The highest BCUT2D eigenvalue weighted by atomic mass is 79.9. The Kier molecular flexibility index (Phi) is 3.07. The van der Waals surface area contributed by atoms with Crippen LogP contribution in [0.2, 0.25) is 0 Å². The van der Waals surface area contributed by atoms with Crippen LogP contribution >= 0.6 is 15.9 Å². The Bertz CT molecular complexity index is 807. The third-order valence-electron chi connectivity index (χ3n) is 3.19. The first kappa shape index (κ1) is 13.5. The van der Waals surface area contributed by atoms with Crippen LogP contribution in [0, 0.1) is 17.1 Å². The molecule has 0 fully saturated rings. The number of carbonyl (C=O) groups is 2. The van der Waals surface area contributed by atoms with Crippen LogP contribution in [0.4, 0.5) is 10.1 Å². The molecule has 0 aromatic heterocycles. The van der Waals surface area contributed by atoms with Crippen LogP contribution in [0.1, 0.15) is 26.3 Å². The van der Waals surface area contributed by atoms with E-state index in [-0.39, 0.29) is 22.4 Å². The number of nitrogens with zero attached hydrogens (tertiary/aromatic N) is 2. The number of amides is 2. The summed E-state index contributed by atoms with van der Waals surface area (Å²) < 4.78 is 14.1. The predicted molar refractivity (Wildman–Crippen MR) is 76.4 cm³/mol. The average molecular weight is 345 g/mol. The summed E-state index contributed by atoms with van der Waals surface area (Å²) in [6, 6.07) is 10.3. The zero-order chi connectivity index (χ0) is 15.1. The Balaban J connectivity index is 2.16. The molecule has 2 aromatic rings. The van der Waals surface area contributed by atoms with Crippen LogP contribution < -0.4 is 4.90 Å². The summed E-state index contributed by atoms with van der Waals surface area (Å²) in [4.78, 5) is 25.5. The standard InChI is InChI=1S/C15H6BrFN2O2/c16-11-5-8(7-18)12(17)6-13(11)19-14(20)9-3-1-2-4-10(9)15(19)21/h1-6H. The first-order valence-electron chi connectivity index (χ1n) is 5.91. The van der Waals surface area contributed by atoms with E-state index in [2.05, 4.69) is 15.9 Å². The molecule has 0 saturated heterocycles. The maximum absolute atomic E-state index is 13.8. The molecule has 0 N–H and O–H groups in total. The molecule has 0 bridgehead atoms. The molecule has 2 aromatic carbocycles. The summed E-state index contributed by atoms with van der Waals surface area (Å²) in [6.07, 6.45) is 0. The molecule has 3 rings (SSSR count). The molecular formula is C15H6BrFN2O2. The lowest BCUT2D eigenvalue weighted by molar-refractivity contribution is 0.0926. The monoisotopic (exact) mass is 344 g/mol. The van der Waals surface area contributed by atoms with E-state index in [1.54, 1.807) is 30.3 Å². The number of imide groups is 1. The third-order valence-corrected chi connectivity index (χ3v) is 3.83. The van der Waals surface area contributed by atoms with Crippen LogP contribution in [0.25, 0.3) is 0 Å². The molecule has 0 aliphatic carbocycles. The molecule has 6 heteroatoms. The molecule has 0 atom stereocenters. The van der Waals surface area contributed by atoms with E-state index >= 15 is 0 Å². The minimum atomic E-state index is -0.785. The minimum absolute atomic E-state index is 0.0812. The quantitative estimate of drug-likeness (QED) is 0.746. The first-order valence-corrected chi connectivity index (χ1v) is 6.71. The molecule has 0 radical (unpaired) electrons. The molecular weight excluding hydrogens is 339 g/mol. The van der Waals surface area contributed by atoms with Gasteiger partial charge in [0.05, 0.1) is 22.4 Å². The van der Waals surface area contributed by atoms with Crippen molar-refractivity contribution in [2.75, 3.05) is 4.90 Å². The molecule has 0 spiro atoms. The summed E-state index contributed by atoms with van der Waals surface area (Å²) in [5.74, 6) is -1.81. The van der Waals surface area contributed by atoms with E-state index in [1.165, 1.54) is 6.07 Å². The van der Waals surface area contributed by atoms with Crippen LogP contribution in [0.3, 0.4) is 0 Å². The summed E-state index contributed by atoms with van der Waals surface area (Å²) in [5.41, 5.74) is 0.471. The smallest absolute Gasteiger partial charge is 0.266 e. The number of nitriles is 1. The zero-order valence-electron chi connectivity index (χ0n) is 10.4. The average Bonchev–Trinajstić information content (AvgIpc) is 2.74. The number of hydrogen-bond acceptors (Lipinski definition) is 3. The zero-order valence-corrected chi connectivity index (χ0v) is 12.0. The van der Waals surface area contributed by atoms with Crippen molar-refractivity contribution >= 4 is 33.4 Å². The Morgan fingerprint density at radius 3 is 2.19 bits per heavy atom. The number of carbonyl (C=O) groups excluding carboxylic acids is 2. The number of anilines is 1. The van der Waals surface area contributed by atoms with Crippen molar-refractivity contribution in [1.29, 1.82) is 5.26 Å². The molecule has 1 aliphatic rings. The molecule has 1 aliphatic heterocycles. The normalized spacial score (nSPS) is 13.3. The van der Waals surface area contributed by atoms with Gasteiger partial charge in [0.25, 0.3) is 11.8 Å². The van der Waals surface area contributed by atoms with Gasteiger partial charge in [0.2, 0.25) is 0 Å². The molecule has 21 heavy (non-hydrogen) atoms. The lowest BCUT2D eigenvalue weighted by atomic mass is 10.1. The second kappa shape index (κ2) is 4.79. The highest BCUT2D eigenvalue weighted by Crippen LogP contribution is 2.34. The van der Waals surface area contributed by atoms with Gasteiger partial charge in [-0.2, -0.15) is 5.26 Å². The van der Waals surface area contributed by atoms with Gasteiger partial charge in [-0.3, -0.25) is 9.59 Å². The largest absolute Gasteiger partial charge is 0.268 e. The molecule has 2 amide bonds. The van der Waals surface area contributed by atoms with Gasteiger partial charge in [-0.15, -0.1) is 0 Å². The fourth-order valence-corrected chi connectivity index (χ4v) is 2.72. The van der Waals surface area contributed by atoms with Crippen molar-refractivity contribution in [1.82, 2.24) is 0 Å². The maximum Gasteiger partial charge on any atom is 0.266 e. The van der Waals surface area contributed by atoms with Gasteiger partial charge in [0, 0.05) is 10.5 Å². The van der Waals surface area contributed by atoms with Gasteiger partial charge >= 0.3 is 0 Å². The van der Waals surface area contributed by atoms with Gasteiger partial charge < -0.3 is 0 Å². The highest BCUT2D eigenvalue weighted by Gasteiger charge is 2.37. The minimum Gasteiger partial charge on any atom is -0.268 e. The van der Waals surface area contributed by atoms with E-state index in [0.717, 1.165) is 11.0 Å². The van der Waals surface area contributed by atoms with E-state index in [0.29, 0.717) is 4.47 Å². The summed E-state index contributed by atoms with van der Waals surface area (Å²) >= 11 is 3.17. The van der Waals surface area contributed by atoms with Gasteiger partial charge in [-0.1, -0.05) is 12.1 Å². The van der Waals surface area contributed by atoms with Crippen LogP contribution in [0.5, 0.6) is 0 Å². The van der Waals surface area contributed by atoms with Gasteiger partial charge in [-0.25, -0.2) is 9.29 Å². The summed E-state index contributed by atoms with van der Waals surface area (Å²) in [7, 11) is 0. The number of halogens is 2. The van der Waals surface area contributed by atoms with Crippen LogP contribution in [0.15, 0.2) is 40.9 Å².